The van der Waals surface area contributed by atoms with Gasteiger partial charge in [-0.3, -0.25) is 4.99 Å². The molecule has 5 heteroatoms. The van der Waals surface area contributed by atoms with Crippen LogP contribution in [0, 0.1) is 0 Å². The van der Waals surface area contributed by atoms with Crippen LogP contribution < -0.4 is 5.73 Å². The molecule has 0 spiro atoms. The second-order valence-electron chi connectivity index (χ2n) is 1.89. The van der Waals surface area contributed by atoms with E-state index in [0.717, 1.165) is 0 Å². The van der Waals surface area contributed by atoms with Crippen LogP contribution in [0.4, 0.5) is 13.2 Å². The van der Waals surface area contributed by atoms with Crippen molar-refractivity contribution >= 4 is 5.84 Å². The van der Waals surface area contributed by atoms with Gasteiger partial charge in [0.05, 0.1) is 12.3 Å². The first-order chi connectivity index (χ1) is 4.42. The summed E-state index contributed by atoms with van der Waals surface area (Å²) in [6.07, 6.45) is -5.03. The summed E-state index contributed by atoms with van der Waals surface area (Å²) in [7, 11) is 0. The molecule has 0 aromatic heterocycles. The molecule has 2 nitrogen and oxygen atoms in total. The Morgan fingerprint density at radius 1 is 1.50 bits per heavy atom. The van der Waals surface area contributed by atoms with Crippen LogP contribution in [0.2, 0.25) is 0 Å². The summed E-state index contributed by atoms with van der Waals surface area (Å²) in [5, 5.41) is 0. The molecule has 0 atom stereocenters. The highest BCUT2D eigenvalue weighted by Gasteiger charge is 2.25. The number of amidine groups is 1. The Balaban J connectivity index is 3.47. The van der Waals surface area contributed by atoms with Crippen molar-refractivity contribution in [1.82, 2.24) is 0 Å². The van der Waals surface area contributed by atoms with Crippen molar-refractivity contribution in [2.45, 2.75) is 19.5 Å². The van der Waals surface area contributed by atoms with Crippen LogP contribution in [-0.4, -0.2) is 18.6 Å². The summed E-state index contributed by atoms with van der Waals surface area (Å²) in [5.74, 6) is 0.184. The fraction of sp³-hybridized carbons (Fsp3) is 0.800. The Kier molecular flexibility index (Phi) is 3.18. The Hall–Kier alpha value is -0.740. The van der Waals surface area contributed by atoms with E-state index in [4.69, 9.17) is 5.73 Å². The van der Waals surface area contributed by atoms with E-state index >= 15 is 0 Å². The van der Waals surface area contributed by atoms with Crippen LogP contribution in [0.3, 0.4) is 0 Å². The summed E-state index contributed by atoms with van der Waals surface area (Å²) in [4.78, 5) is 3.38. The molecule has 0 saturated carbocycles. The van der Waals surface area contributed by atoms with Gasteiger partial charge in [-0.1, -0.05) is 0 Å². The highest BCUT2D eigenvalue weighted by Crippen LogP contribution is 2.18. The lowest BCUT2D eigenvalue weighted by atomic mass is 10.4. The molecule has 0 heterocycles. The van der Waals surface area contributed by atoms with Crippen LogP contribution in [0.25, 0.3) is 0 Å². The van der Waals surface area contributed by atoms with Gasteiger partial charge < -0.3 is 5.73 Å². The number of alkyl halides is 3. The number of hydrogen-bond acceptors (Lipinski definition) is 1. The van der Waals surface area contributed by atoms with E-state index < -0.39 is 12.6 Å². The topological polar surface area (TPSA) is 38.4 Å². The Bertz CT molecular complexity index is 123. The highest BCUT2D eigenvalue weighted by molar-refractivity contribution is 5.77. The molecule has 10 heavy (non-hydrogen) atoms. The predicted molar refractivity (Wildman–Crippen MR) is 32.8 cm³/mol. The van der Waals surface area contributed by atoms with Gasteiger partial charge >= 0.3 is 6.18 Å². The quantitative estimate of drug-likeness (QED) is 0.472. The Morgan fingerprint density at radius 2 is 2.00 bits per heavy atom. The molecule has 60 valence electrons. The van der Waals surface area contributed by atoms with E-state index in [1.165, 1.54) is 6.92 Å². The maximum atomic E-state index is 11.4. The van der Waals surface area contributed by atoms with Crippen molar-refractivity contribution in [2.75, 3.05) is 6.54 Å². The van der Waals surface area contributed by atoms with Gasteiger partial charge in [-0.2, -0.15) is 13.2 Å². The van der Waals surface area contributed by atoms with Crippen molar-refractivity contribution in [3.8, 4) is 0 Å². The molecule has 0 unspecified atom stereocenters. The molecule has 0 radical (unpaired) electrons. The molecule has 0 bridgehead atoms. The zero-order chi connectivity index (χ0) is 8.20. The first-order valence-corrected chi connectivity index (χ1v) is 2.75. The van der Waals surface area contributed by atoms with E-state index in [2.05, 4.69) is 4.99 Å². The maximum absolute atomic E-state index is 11.4. The minimum atomic E-state index is -4.13. The highest BCUT2D eigenvalue weighted by atomic mass is 19.4. The SMILES string of the molecule is CC(N)=NCCC(F)(F)F. The summed E-state index contributed by atoms with van der Waals surface area (Å²) in [5.41, 5.74) is 5.00. The average molecular weight is 154 g/mol. The second-order valence-corrected chi connectivity index (χ2v) is 1.89. The van der Waals surface area contributed by atoms with Crippen LogP contribution in [0.5, 0.6) is 0 Å². The maximum Gasteiger partial charge on any atom is 0.390 e. The van der Waals surface area contributed by atoms with Gasteiger partial charge in [0.25, 0.3) is 0 Å². The molecule has 0 amide bonds. The van der Waals surface area contributed by atoms with Gasteiger partial charge in [-0.05, 0) is 6.92 Å². The molecule has 0 rings (SSSR count). The van der Waals surface area contributed by atoms with Gasteiger partial charge in [0.1, 0.15) is 0 Å². The number of hydrogen-bond donors (Lipinski definition) is 1. The molecular weight excluding hydrogens is 145 g/mol. The molecule has 0 fully saturated rings. The summed E-state index contributed by atoms with van der Waals surface area (Å²) >= 11 is 0. The lowest BCUT2D eigenvalue weighted by Crippen LogP contribution is -2.12. The number of aliphatic imine (C=N–C) groups is 1. The first kappa shape index (κ1) is 9.26. The third kappa shape index (κ3) is 7.26. The van der Waals surface area contributed by atoms with Crippen molar-refractivity contribution in [2.24, 2.45) is 10.7 Å². The molecular formula is C5H9F3N2. The number of nitrogens with two attached hydrogens (primary N) is 1. The predicted octanol–water partition coefficient (Wildman–Crippen LogP) is 1.32. The number of rotatable bonds is 2. The summed E-state index contributed by atoms with van der Waals surface area (Å²) in [6.45, 7) is 1.18. The van der Waals surface area contributed by atoms with Crippen molar-refractivity contribution in [1.29, 1.82) is 0 Å². The van der Waals surface area contributed by atoms with Crippen LogP contribution in [-0.2, 0) is 0 Å². The first-order valence-electron chi connectivity index (χ1n) is 2.75. The largest absolute Gasteiger partial charge is 0.390 e. The van der Waals surface area contributed by atoms with E-state index in [9.17, 15) is 13.2 Å². The van der Waals surface area contributed by atoms with E-state index in [1.807, 2.05) is 0 Å². The molecule has 0 aromatic rings. The van der Waals surface area contributed by atoms with Gasteiger partial charge in [0, 0.05) is 6.54 Å². The molecule has 0 aromatic carbocycles. The average Bonchev–Trinajstić information content (AvgIpc) is 1.59. The van der Waals surface area contributed by atoms with Gasteiger partial charge in [0.15, 0.2) is 0 Å². The van der Waals surface area contributed by atoms with Crippen molar-refractivity contribution in [3.05, 3.63) is 0 Å². The fourth-order valence-corrected chi connectivity index (χ4v) is 0.359. The smallest absolute Gasteiger partial charge is 0.388 e. The molecule has 0 aliphatic rings. The molecule has 0 aliphatic carbocycles. The molecule has 0 saturated heterocycles. The Morgan fingerprint density at radius 3 is 2.30 bits per heavy atom. The third-order valence-corrected chi connectivity index (χ3v) is 0.756. The summed E-state index contributed by atoms with van der Waals surface area (Å²) in [6, 6.07) is 0. The van der Waals surface area contributed by atoms with E-state index in [1.54, 1.807) is 0 Å². The molecule has 0 aliphatic heterocycles. The number of halogens is 3. The van der Waals surface area contributed by atoms with Gasteiger partial charge in [0.2, 0.25) is 0 Å². The van der Waals surface area contributed by atoms with Crippen molar-refractivity contribution < 1.29 is 13.2 Å². The normalized spacial score (nSPS) is 13.8. The number of nitrogens with zero attached hydrogens (tertiary/aromatic N) is 1. The zero-order valence-electron chi connectivity index (χ0n) is 5.57. The van der Waals surface area contributed by atoms with Gasteiger partial charge in [-0.25, -0.2) is 0 Å². The lowest BCUT2D eigenvalue weighted by molar-refractivity contribution is -0.132. The minimum Gasteiger partial charge on any atom is -0.388 e. The minimum absolute atomic E-state index is 0.184. The fourth-order valence-electron chi connectivity index (χ4n) is 0.359. The third-order valence-electron chi connectivity index (χ3n) is 0.756. The van der Waals surface area contributed by atoms with Crippen molar-refractivity contribution in [3.63, 3.8) is 0 Å². The standard InChI is InChI=1S/C5H9F3N2/c1-4(9)10-3-2-5(6,7)8/h2-3H2,1H3,(H2,9,10). The zero-order valence-corrected chi connectivity index (χ0v) is 5.57. The lowest BCUT2D eigenvalue weighted by Gasteiger charge is -2.01. The van der Waals surface area contributed by atoms with Crippen LogP contribution in [0.1, 0.15) is 13.3 Å². The monoisotopic (exact) mass is 154 g/mol. The molecule has 2 N–H and O–H groups in total. The summed E-state index contributed by atoms with van der Waals surface area (Å²) < 4.78 is 34.2. The van der Waals surface area contributed by atoms with Crippen LogP contribution >= 0.6 is 0 Å². The van der Waals surface area contributed by atoms with Crippen LogP contribution in [0.15, 0.2) is 4.99 Å². The van der Waals surface area contributed by atoms with Gasteiger partial charge in [-0.15, -0.1) is 0 Å². The second kappa shape index (κ2) is 3.43. The Labute approximate surface area is 56.9 Å². The van der Waals surface area contributed by atoms with E-state index in [-0.39, 0.29) is 12.4 Å². The van der Waals surface area contributed by atoms with E-state index in [0.29, 0.717) is 0 Å².